The van der Waals surface area contributed by atoms with E-state index in [0.29, 0.717) is 11.8 Å². The zero-order chi connectivity index (χ0) is 11.1. The monoisotopic (exact) mass is 215 g/mol. The summed E-state index contributed by atoms with van der Waals surface area (Å²) >= 11 is 0. The van der Waals surface area contributed by atoms with Crippen molar-refractivity contribution in [2.75, 3.05) is 11.4 Å². The lowest BCUT2D eigenvalue weighted by atomic mass is 9.84. The normalized spacial score (nSPS) is 19.4. The fourth-order valence-corrected chi connectivity index (χ4v) is 2.64. The van der Waals surface area contributed by atoms with Crippen LogP contribution in [0.2, 0.25) is 0 Å². The first kappa shape index (κ1) is 9.88. The number of fused-ring (bicyclic) bond motifs is 1. The Labute approximate surface area is 96.3 Å². The third-order valence-electron chi connectivity index (χ3n) is 3.85. The molecule has 1 fully saturated rings. The summed E-state index contributed by atoms with van der Waals surface area (Å²) in [6.07, 6.45) is 4.44. The van der Waals surface area contributed by atoms with Crippen molar-refractivity contribution in [2.45, 2.75) is 32.6 Å². The molecule has 1 aliphatic carbocycles. The molecule has 1 aromatic rings. The number of carbonyl (C=O) groups excluding carboxylic acids is 1. The van der Waals surface area contributed by atoms with Crippen molar-refractivity contribution >= 4 is 11.6 Å². The highest BCUT2D eigenvalue weighted by molar-refractivity contribution is 5.97. The van der Waals surface area contributed by atoms with E-state index in [-0.39, 0.29) is 0 Å². The van der Waals surface area contributed by atoms with Gasteiger partial charge in [0.2, 0.25) is 5.91 Å². The minimum Gasteiger partial charge on any atom is -0.312 e. The molecule has 84 valence electrons. The average Bonchev–Trinajstić information content (AvgIpc) is 2.57. The number of amides is 1. The van der Waals surface area contributed by atoms with Crippen LogP contribution in [0.4, 0.5) is 5.69 Å². The van der Waals surface area contributed by atoms with Crippen molar-refractivity contribution in [3.05, 3.63) is 29.3 Å². The van der Waals surface area contributed by atoms with Gasteiger partial charge in [0.25, 0.3) is 0 Å². The zero-order valence-electron chi connectivity index (χ0n) is 9.70. The first-order chi connectivity index (χ1) is 7.75. The summed E-state index contributed by atoms with van der Waals surface area (Å²) in [6.45, 7) is 2.99. The van der Waals surface area contributed by atoms with Crippen molar-refractivity contribution < 1.29 is 4.79 Å². The van der Waals surface area contributed by atoms with Gasteiger partial charge in [-0.25, -0.2) is 0 Å². The largest absolute Gasteiger partial charge is 0.312 e. The third kappa shape index (κ3) is 1.44. The van der Waals surface area contributed by atoms with Gasteiger partial charge in [0, 0.05) is 18.2 Å². The minimum atomic E-state index is 0.312. The predicted molar refractivity (Wildman–Crippen MR) is 64.6 cm³/mol. The van der Waals surface area contributed by atoms with Gasteiger partial charge in [-0.05, 0) is 37.8 Å². The van der Waals surface area contributed by atoms with Crippen LogP contribution in [0.1, 0.15) is 30.4 Å². The number of hydrogen-bond donors (Lipinski definition) is 0. The predicted octanol–water partition coefficient (Wildman–Crippen LogP) is 2.68. The van der Waals surface area contributed by atoms with Crippen LogP contribution in [0, 0.1) is 12.8 Å². The van der Waals surface area contributed by atoms with Crippen LogP contribution in [-0.4, -0.2) is 12.5 Å². The Hall–Kier alpha value is -1.31. The Morgan fingerprint density at radius 3 is 2.88 bits per heavy atom. The summed E-state index contributed by atoms with van der Waals surface area (Å²) in [5.74, 6) is 0.668. The molecule has 0 atom stereocenters. The first-order valence-corrected chi connectivity index (χ1v) is 6.16. The maximum absolute atomic E-state index is 12.2. The smallest absolute Gasteiger partial charge is 0.230 e. The Kier molecular flexibility index (Phi) is 2.23. The molecule has 2 aliphatic rings. The molecule has 16 heavy (non-hydrogen) atoms. The molecule has 0 aromatic heterocycles. The van der Waals surface area contributed by atoms with Crippen LogP contribution >= 0.6 is 0 Å². The number of rotatable bonds is 1. The van der Waals surface area contributed by atoms with Crippen molar-refractivity contribution in [3.8, 4) is 0 Å². The van der Waals surface area contributed by atoms with Gasteiger partial charge >= 0.3 is 0 Å². The maximum Gasteiger partial charge on any atom is 0.230 e. The van der Waals surface area contributed by atoms with Gasteiger partial charge in [-0.3, -0.25) is 4.79 Å². The molecule has 2 nitrogen and oxygen atoms in total. The summed E-state index contributed by atoms with van der Waals surface area (Å²) in [5.41, 5.74) is 3.78. The van der Waals surface area contributed by atoms with Crippen LogP contribution < -0.4 is 4.90 Å². The zero-order valence-corrected chi connectivity index (χ0v) is 9.70. The van der Waals surface area contributed by atoms with Crippen LogP contribution in [-0.2, 0) is 11.2 Å². The van der Waals surface area contributed by atoms with Crippen molar-refractivity contribution in [3.63, 3.8) is 0 Å². The second-order valence-corrected chi connectivity index (χ2v) is 5.00. The van der Waals surface area contributed by atoms with Gasteiger partial charge in [0.1, 0.15) is 0 Å². The van der Waals surface area contributed by atoms with Gasteiger partial charge in [-0.2, -0.15) is 0 Å². The molecule has 1 saturated carbocycles. The second-order valence-electron chi connectivity index (χ2n) is 5.00. The lowest BCUT2D eigenvalue weighted by Crippen LogP contribution is -2.37. The Balaban J connectivity index is 1.87. The highest BCUT2D eigenvalue weighted by atomic mass is 16.2. The first-order valence-electron chi connectivity index (χ1n) is 6.16. The van der Waals surface area contributed by atoms with E-state index in [0.717, 1.165) is 31.5 Å². The molecule has 3 rings (SSSR count). The van der Waals surface area contributed by atoms with E-state index in [2.05, 4.69) is 25.1 Å². The van der Waals surface area contributed by atoms with Gasteiger partial charge in [0.05, 0.1) is 0 Å². The van der Waals surface area contributed by atoms with Crippen molar-refractivity contribution in [2.24, 2.45) is 5.92 Å². The quantitative estimate of drug-likeness (QED) is 0.705. The average molecular weight is 215 g/mol. The number of aryl methyl sites for hydroxylation is 1. The van der Waals surface area contributed by atoms with E-state index < -0.39 is 0 Å². The van der Waals surface area contributed by atoms with E-state index in [1.807, 2.05) is 4.90 Å². The molecule has 1 aliphatic heterocycles. The fourth-order valence-electron chi connectivity index (χ4n) is 2.64. The molecule has 0 spiro atoms. The number of nitrogens with zero attached hydrogens (tertiary/aromatic N) is 1. The summed E-state index contributed by atoms with van der Waals surface area (Å²) < 4.78 is 0. The van der Waals surface area contributed by atoms with Crippen LogP contribution in [0.5, 0.6) is 0 Å². The van der Waals surface area contributed by atoms with Crippen LogP contribution in [0.15, 0.2) is 18.2 Å². The number of hydrogen-bond acceptors (Lipinski definition) is 1. The third-order valence-corrected chi connectivity index (χ3v) is 3.85. The minimum absolute atomic E-state index is 0.312. The van der Waals surface area contributed by atoms with Crippen LogP contribution in [0.25, 0.3) is 0 Å². The van der Waals surface area contributed by atoms with Gasteiger partial charge < -0.3 is 4.90 Å². The van der Waals surface area contributed by atoms with Gasteiger partial charge in [-0.15, -0.1) is 0 Å². The highest BCUT2D eigenvalue weighted by Gasteiger charge is 2.33. The lowest BCUT2D eigenvalue weighted by Gasteiger charge is -2.29. The second kappa shape index (κ2) is 3.62. The lowest BCUT2D eigenvalue weighted by molar-refractivity contribution is -0.124. The highest BCUT2D eigenvalue weighted by Crippen LogP contribution is 2.34. The topological polar surface area (TPSA) is 20.3 Å². The van der Waals surface area contributed by atoms with E-state index in [1.165, 1.54) is 17.5 Å². The summed E-state index contributed by atoms with van der Waals surface area (Å²) in [4.78, 5) is 14.2. The van der Waals surface area contributed by atoms with E-state index >= 15 is 0 Å². The van der Waals surface area contributed by atoms with E-state index in [9.17, 15) is 4.79 Å². The molecule has 0 radical (unpaired) electrons. The number of carbonyl (C=O) groups is 1. The fraction of sp³-hybridized carbons (Fsp3) is 0.500. The molecule has 0 saturated heterocycles. The molecule has 1 amide bonds. The number of anilines is 1. The SMILES string of the molecule is Cc1ccc2c(c1)CCN2C(=O)C1CCC1. The molecule has 2 heteroatoms. The molecule has 0 bridgehead atoms. The van der Waals surface area contributed by atoms with Crippen molar-refractivity contribution in [1.82, 2.24) is 0 Å². The van der Waals surface area contributed by atoms with Crippen LogP contribution in [0.3, 0.4) is 0 Å². The summed E-state index contributed by atoms with van der Waals surface area (Å²) in [6, 6.07) is 6.42. The summed E-state index contributed by atoms with van der Waals surface area (Å²) in [7, 11) is 0. The summed E-state index contributed by atoms with van der Waals surface area (Å²) in [5, 5.41) is 0. The number of benzene rings is 1. The molecular formula is C14H17NO. The Bertz CT molecular complexity index is 434. The van der Waals surface area contributed by atoms with Crippen molar-refractivity contribution in [1.29, 1.82) is 0 Å². The standard InChI is InChI=1S/C14H17NO/c1-10-5-6-13-12(9-10)7-8-15(13)14(16)11-3-2-4-11/h5-6,9,11H,2-4,7-8H2,1H3. The molecular weight excluding hydrogens is 198 g/mol. The van der Waals surface area contributed by atoms with E-state index in [1.54, 1.807) is 0 Å². The van der Waals surface area contributed by atoms with E-state index in [4.69, 9.17) is 0 Å². The Morgan fingerprint density at radius 2 is 2.19 bits per heavy atom. The molecule has 0 unspecified atom stereocenters. The van der Waals surface area contributed by atoms with Gasteiger partial charge in [-0.1, -0.05) is 24.1 Å². The molecule has 1 aromatic carbocycles. The maximum atomic E-state index is 12.2. The molecule has 1 heterocycles. The molecule has 0 N–H and O–H groups in total. The Morgan fingerprint density at radius 1 is 1.38 bits per heavy atom. The van der Waals surface area contributed by atoms with Gasteiger partial charge in [0.15, 0.2) is 0 Å².